The van der Waals surface area contributed by atoms with E-state index in [0.717, 1.165) is 21.4 Å². The van der Waals surface area contributed by atoms with E-state index in [-0.39, 0.29) is 17.5 Å². The Labute approximate surface area is 125 Å². The number of hydrogen-bond donors (Lipinski definition) is 0. The molecule has 3 rings (SSSR count). The Hall–Kier alpha value is -1.20. The molecular weight excluding hydrogens is 323 g/mol. The maximum Gasteiger partial charge on any atom is 0.123 e. The van der Waals surface area contributed by atoms with Crippen molar-refractivity contribution in [3.05, 3.63) is 40.2 Å². The second kappa shape index (κ2) is 4.67. The van der Waals surface area contributed by atoms with Crippen LogP contribution in [0.4, 0.5) is 4.39 Å². The predicted molar refractivity (Wildman–Crippen MR) is 78.9 cm³/mol. The standard InChI is InChI=1S/C15H16BrFN2O/c1-9-15(2,3)20-8-12-13(16)14(18-19(9)12)10-4-6-11(17)7-5-10/h4-7,9H,8H2,1-3H3. The van der Waals surface area contributed by atoms with Gasteiger partial charge >= 0.3 is 0 Å². The summed E-state index contributed by atoms with van der Waals surface area (Å²) in [6.07, 6.45) is 0. The second-order valence-electron chi connectivity index (χ2n) is 5.63. The molecule has 0 N–H and O–H groups in total. The van der Waals surface area contributed by atoms with Crippen molar-refractivity contribution in [3.63, 3.8) is 0 Å². The average Bonchev–Trinajstić information content (AvgIpc) is 2.73. The van der Waals surface area contributed by atoms with Gasteiger partial charge in [-0.1, -0.05) is 0 Å². The molecule has 1 aromatic heterocycles. The molecule has 1 aliphatic rings. The van der Waals surface area contributed by atoms with Crippen LogP contribution in [-0.2, 0) is 11.3 Å². The first-order valence-electron chi connectivity index (χ1n) is 6.57. The van der Waals surface area contributed by atoms with Crippen molar-refractivity contribution in [3.8, 4) is 11.3 Å². The van der Waals surface area contributed by atoms with Crippen LogP contribution in [0.25, 0.3) is 11.3 Å². The monoisotopic (exact) mass is 338 g/mol. The molecule has 0 amide bonds. The third-order valence-corrected chi connectivity index (χ3v) is 4.85. The van der Waals surface area contributed by atoms with Crippen molar-refractivity contribution in [2.24, 2.45) is 0 Å². The maximum absolute atomic E-state index is 13.0. The van der Waals surface area contributed by atoms with E-state index in [0.29, 0.717) is 6.61 Å². The lowest BCUT2D eigenvalue weighted by Gasteiger charge is -2.37. The molecule has 3 nitrogen and oxygen atoms in total. The molecule has 2 heterocycles. The van der Waals surface area contributed by atoms with Gasteiger partial charge in [-0.05, 0) is 61.0 Å². The highest BCUT2D eigenvalue weighted by Crippen LogP contribution is 2.39. The van der Waals surface area contributed by atoms with Gasteiger partial charge in [0.05, 0.1) is 28.4 Å². The minimum absolute atomic E-state index is 0.136. The molecular formula is C15H16BrFN2O. The van der Waals surface area contributed by atoms with Crippen molar-refractivity contribution in [2.45, 2.75) is 39.0 Å². The summed E-state index contributed by atoms with van der Waals surface area (Å²) in [6, 6.07) is 6.52. The Balaban J connectivity index is 2.10. The van der Waals surface area contributed by atoms with Gasteiger partial charge in [0, 0.05) is 5.56 Å². The molecule has 1 unspecified atom stereocenters. The third-order valence-electron chi connectivity index (χ3n) is 4.02. The average molecular weight is 339 g/mol. The summed E-state index contributed by atoms with van der Waals surface area (Å²) >= 11 is 3.60. The Kier molecular flexibility index (Phi) is 3.21. The molecule has 0 aliphatic carbocycles. The number of nitrogens with zero attached hydrogens (tertiary/aromatic N) is 2. The van der Waals surface area contributed by atoms with Gasteiger partial charge in [-0.3, -0.25) is 4.68 Å². The van der Waals surface area contributed by atoms with Gasteiger partial charge in [0.25, 0.3) is 0 Å². The van der Waals surface area contributed by atoms with E-state index < -0.39 is 0 Å². The zero-order valence-corrected chi connectivity index (χ0v) is 13.2. The zero-order chi connectivity index (χ0) is 14.5. The molecule has 0 spiro atoms. The lowest BCUT2D eigenvalue weighted by molar-refractivity contribution is -0.0888. The molecule has 1 aliphatic heterocycles. The van der Waals surface area contributed by atoms with E-state index in [1.165, 1.54) is 12.1 Å². The van der Waals surface area contributed by atoms with Crippen molar-refractivity contribution >= 4 is 15.9 Å². The number of fused-ring (bicyclic) bond motifs is 1. The van der Waals surface area contributed by atoms with Crippen LogP contribution in [0.1, 0.15) is 32.5 Å². The molecule has 0 fully saturated rings. The predicted octanol–water partition coefficient (Wildman–Crippen LogP) is 4.32. The first kappa shape index (κ1) is 13.8. The van der Waals surface area contributed by atoms with Crippen molar-refractivity contribution in [1.82, 2.24) is 9.78 Å². The summed E-state index contributed by atoms with van der Waals surface area (Å²) in [5.74, 6) is -0.244. The molecule has 0 radical (unpaired) electrons. The number of aromatic nitrogens is 2. The summed E-state index contributed by atoms with van der Waals surface area (Å²) < 4.78 is 21.9. The molecule has 0 saturated heterocycles. The van der Waals surface area contributed by atoms with Crippen molar-refractivity contribution in [1.29, 1.82) is 0 Å². The molecule has 2 aromatic rings. The number of benzene rings is 1. The van der Waals surface area contributed by atoms with Crippen molar-refractivity contribution in [2.75, 3.05) is 0 Å². The minimum atomic E-state index is -0.251. The van der Waals surface area contributed by atoms with E-state index in [9.17, 15) is 4.39 Å². The number of ether oxygens (including phenoxy) is 1. The Morgan fingerprint density at radius 1 is 1.35 bits per heavy atom. The Bertz CT molecular complexity index is 649. The molecule has 0 bridgehead atoms. The maximum atomic E-state index is 13.0. The summed E-state index contributed by atoms with van der Waals surface area (Å²) in [6.45, 7) is 6.74. The number of hydrogen-bond acceptors (Lipinski definition) is 2. The molecule has 20 heavy (non-hydrogen) atoms. The largest absolute Gasteiger partial charge is 0.367 e. The molecule has 0 saturated carbocycles. The van der Waals surface area contributed by atoms with Crippen LogP contribution in [0.5, 0.6) is 0 Å². The normalized spacial score (nSPS) is 20.8. The highest BCUT2D eigenvalue weighted by atomic mass is 79.9. The van der Waals surface area contributed by atoms with E-state index in [4.69, 9.17) is 9.84 Å². The summed E-state index contributed by atoms with van der Waals surface area (Å²) in [5, 5.41) is 4.69. The van der Waals surface area contributed by atoms with Gasteiger partial charge in [0.1, 0.15) is 11.5 Å². The Morgan fingerprint density at radius 3 is 2.65 bits per heavy atom. The lowest BCUT2D eigenvalue weighted by Crippen LogP contribution is -2.40. The van der Waals surface area contributed by atoms with E-state index >= 15 is 0 Å². The second-order valence-corrected chi connectivity index (χ2v) is 6.42. The minimum Gasteiger partial charge on any atom is -0.367 e. The molecule has 106 valence electrons. The van der Waals surface area contributed by atoms with Crippen LogP contribution in [0.2, 0.25) is 0 Å². The van der Waals surface area contributed by atoms with E-state index in [1.54, 1.807) is 12.1 Å². The van der Waals surface area contributed by atoms with Crippen LogP contribution in [0.15, 0.2) is 28.7 Å². The number of rotatable bonds is 1. The highest BCUT2D eigenvalue weighted by Gasteiger charge is 2.36. The van der Waals surface area contributed by atoms with Gasteiger partial charge in [-0.25, -0.2) is 4.39 Å². The zero-order valence-electron chi connectivity index (χ0n) is 11.7. The fourth-order valence-electron chi connectivity index (χ4n) is 2.36. The van der Waals surface area contributed by atoms with E-state index in [2.05, 4.69) is 36.7 Å². The van der Waals surface area contributed by atoms with Crippen LogP contribution >= 0.6 is 15.9 Å². The van der Waals surface area contributed by atoms with Gasteiger partial charge in [-0.2, -0.15) is 5.10 Å². The fraction of sp³-hybridized carbons (Fsp3) is 0.400. The van der Waals surface area contributed by atoms with Crippen LogP contribution in [0, 0.1) is 5.82 Å². The number of halogens is 2. The molecule has 1 aromatic carbocycles. The SMILES string of the molecule is CC1n2nc(-c3ccc(F)cc3)c(Br)c2COC1(C)C. The summed E-state index contributed by atoms with van der Waals surface area (Å²) in [7, 11) is 0. The van der Waals surface area contributed by atoms with Gasteiger partial charge in [0.2, 0.25) is 0 Å². The van der Waals surface area contributed by atoms with Gasteiger partial charge in [0.15, 0.2) is 0 Å². The lowest BCUT2D eigenvalue weighted by atomic mass is 9.99. The Morgan fingerprint density at radius 2 is 2.00 bits per heavy atom. The summed E-state index contributed by atoms with van der Waals surface area (Å²) in [5.41, 5.74) is 2.49. The van der Waals surface area contributed by atoms with Crippen molar-refractivity contribution < 1.29 is 9.13 Å². The van der Waals surface area contributed by atoms with E-state index in [1.807, 2.05) is 4.68 Å². The first-order valence-corrected chi connectivity index (χ1v) is 7.36. The van der Waals surface area contributed by atoms with Crippen LogP contribution < -0.4 is 0 Å². The van der Waals surface area contributed by atoms with Gasteiger partial charge in [-0.15, -0.1) is 0 Å². The summed E-state index contributed by atoms with van der Waals surface area (Å²) in [4.78, 5) is 0. The smallest absolute Gasteiger partial charge is 0.123 e. The molecule has 5 heteroatoms. The van der Waals surface area contributed by atoms with Crippen LogP contribution in [-0.4, -0.2) is 15.4 Å². The third kappa shape index (κ3) is 2.09. The quantitative estimate of drug-likeness (QED) is 0.774. The van der Waals surface area contributed by atoms with Crippen LogP contribution in [0.3, 0.4) is 0 Å². The van der Waals surface area contributed by atoms with Gasteiger partial charge < -0.3 is 4.74 Å². The first-order chi connectivity index (χ1) is 9.40. The topological polar surface area (TPSA) is 27.1 Å². The highest BCUT2D eigenvalue weighted by molar-refractivity contribution is 9.10. The fourth-order valence-corrected chi connectivity index (χ4v) is 2.97. The molecule has 1 atom stereocenters.